The van der Waals surface area contributed by atoms with Crippen molar-refractivity contribution >= 4 is 27.8 Å². The first-order chi connectivity index (χ1) is 8.70. The van der Waals surface area contributed by atoms with Gasteiger partial charge in [0.25, 0.3) is 0 Å². The smallest absolute Gasteiger partial charge is 0.338 e. The topological polar surface area (TPSA) is 72.3 Å². The molecule has 2 aromatic heterocycles. The van der Waals surface area contributed by atoms with Crippen LogP contribution in [0.5, 0.6) is 0 Å². The van der Waals surface area contributed by atoms with E-state index >= 15 is 0 Å². The van der Waals surface area contributed by atoms with Crippen LogP contribution in [0.15, 0.2) is 39.7 Å². The molecule has 90 valence electrons. The number of rotatable bonds is 1. The van der Waals surface area contributed by atoms with Crippen molar-refractivity contribution in [1.29, 1.82) is 0 Å². The summed E-state index contributed by atoms with van der Waals surface area (Å²) in [6.45, 7) is 0. The number of fused-ring (bicyclic) bond motifs is 3. The highest BCUT2D eigenvalue weighted by Gasteiger charge is 2.16. The molecule has 0 saturated heterocycles. The summed E-state index contributed by atoms with van der Waals surface area (Å²) >= 11 is 0. The van der Waals surface area contributed by atoms with Gasteiger partial charge in [-0.25, -0.2) is 9.59 Å². The molecule has 0 aliphatic carbocycles. The first-order valence-corrected chi connectivity index (χ1v) is 5.33. The summed E-state index contributed by atoms with van der Waals surface area (Å²) in [7, 11) is 1.28. The molecule has 2 heterocycles. The van der Waals surface area contributed by atoms with Crippen molar-refractivity contribution in [2.24, 2.45) is 0 Å². The van der Waals surface area contributed by atoms with Crippen LogP contribution in [0.1, 0.15) is 10.4 Å². The average Bonchev–Trinajstić information content (AvgIpc) is 2.84. The number of esters is 1. The Kier molecular flexibility index (Phi) is 2.19. The minimum absolute atomic E-state index is 0.217. The van der Waals surface area contributed by atoms with Crippen molar-refractivity contribution in [2.75, 3.05) is 7.11 Å². The van der Waals surface area contributed by atoms with Crippen LogP contribution in [0.3, 0.4) is 0 Å². The SMILES string of the molecule is COC(=O)c1cc(=O)oc2ccc3[nH]ccc3c12. The number of aromatic amines is 1. The molecule has 0 saturated carbocycles. The highest BCUT2D eigenvalue weighted by molar-refractivity contribution is 6.14. The molecule has 0 amide bonds. The molecule has 5 heteroatoms. The second kappa shape index (κ2) is 3.73. The fourth-order valence-electron chi connectivity index (χ4n) is 2.07. The fraction of sp³-hybridized carbons (Fsp3) is 0.0769. The third kappa shape index (κ3) is 1.41. The van der Waals surface area contributed by atoms with E-state index in [0.29, 0.717) is 11.0 Å². The zero-order chi connectivity index (χ0) is 12.7. The predicted octanol–water partition coefficient (Wildman–Crippen LogP) is 2.06. The molecule has 0 atom stereocenters. The van der Waals surface area contributed by atoms with E-state index < -0.39 is 11.6 Å². The maximum absolute atomic E-state index is 11.7. The Hall–Kier alpha value is -2.56. The lowest BCUT2D eigenvalue weighted by Crippen LogP contribution is -2.08. The summed E-state index contributed by atoms with van der Waals surface area (Å²) in [6.07, 6.45) is 1.76. The molecule has 0 spiro atoms. The quantitative estimate of drug-likeness (QED) is 0.524. The molecule has 0 aliphatic rings. The van der Waals surface area contributed by atoms with Gasteiger partial charge in [0.15, 0.2) is 0 Å². The van der Waals surface area contributed by atoms with Gasteiger partial charge in [-0.15, -0.1) is 0 Å². The van der Waals surface area contributed by atoms with Gasteiger partial charge in [0, 0.05) is 28.6 Å². The van der Waals surface area contributed by atoms with Gasteiger partial charge in [0.2, 0.25) is 0 Å². The summed E-state index contributed by atoms with van der Waals surface area (Å²) in [5.74, 6) is -0.554. The largest absolute Gasteiger partial charge is 0.465 e. The number of hydrogen-bond donors (Lipinski definition) is 1. The van der Waals surface area contributed by atoms with E-state index in [9.17, 15) is 9.59 Å². The van der Waals surface area contributed by atoms with Crippen LogP contribution in [-0.4, -0.2) is 18.1 Å². The van der Waals surface area contributed by atoms with Crippen LogP contribution in [-0.2, 0) is 4.74 Å². The zero-order valence-corrected chi connectivity index (χ0v) is 9.52. The van der Waals surface area contributed by atoms with Crippen LogP contribution >= 0.6 is 0 Å². The third-order valence-electron chi connectivity index (χ3n) is 2.84. The normalized spacial score (nSPS) is 10.9. The number of benzene rings is 1. The second-order valence-corrected chi connectivity index (χ2v) is 3.85. The van der Waals surface area contributed by atoms with E-state index in [1.54, 1.807) is 18.3 Å². The van der Waals surface area contributed by atoms with Crippen molar-refractivity contribution in [1.82, 2.24) is 4.98 Å². The Bertz CT molecular complexity index is 813. The van der Waals surface area contributed by atoms with Crippen molar-refractivity contribution in [3.05, 3.63) is 46.4 Å². The first kappa shape index (κ1) is 10.6. The van der Waals surface area contributed by atoms with Crippen molar-refractivity contribution in [3.8, 4) is 0 Å². The standard InChI is InChI=1S/C13H9NO4/c1-17-13(16)8-6-11(15)18-10-3-2-9-7(12(8)10)4-5-14-9/h2-6,14H,1H3. The Balaban J connectivity index is 2.55. The lowest BCUT2D eigenvalue weighted by atomic mass is 10.1. The molecule has 1 aromatic carbocycles. The number of methoxy groups -OCH3 is 1. The Morgan fingerprint density at radius 1 is 1.33 bits per heavy atom. The molecular weight excluding hydrogens is 234 g/mol. The Morgan fingerprint density at radius 3 is 2.94 bits per heavy atom. The molecule has 18 heavy (non-hydrogen) atoms. The van der Waals surface area contributed by atoms with Crippen molar-refractivity contribution < 1.29 is 13.9 Å². The van der Waals surface area contributed by atoms with Crippen LogP contribution in [0.4, 0.5) is 0 Å². The highest BCUT2D eigenvalue weighted by Crippen LogP contribution is 2.27. The van der Waals surface area contributed by atoms with Crippen molar-refractivity contribution in [2.45, 2.75) is 0 Å². The number of carbonyl (C=O) groups is 1. The summed E-state index contributed by atoms with van der Waals surface area (Å²) in [5.41, 5.74) is 0.878. The molecule has 3 aromatic rings. The summed E-state index contributed by atoms with van der Waals surface area (Å²) in [6, 6.07) is 6.42. The minimum atomic E-state index is -0.571. The lowest BCUT2D eigenvalue weighted by Gasteiger charge is -2.04. The number of carbonyl (C=O) groups excluding carboxylic acids is 1. The fourth-order valence-corrected chi connectivity index (χ4v) is 2.07. The van der Waals surface area contributed by atoms with E-state index in [-0.39, 0.29) is 5.56 Å². The molecule has 0 fully saturated rings. The molecule has 0 bridgehead atoms. The number of hydrogen-bond acceptors (Lipinski definition) is 4. The van der Waals surface area contributed by atoms with Gasteiger partial charge >= 0.3 is 11.6 Å². The number of ether oxygens (including phenoxy) is 1. The van der Waals surface area contributed by atoms with Gasteiger partial charge in [-0.1, -0.05) is 0 Å². The van der Waals surface area contributed by atoms with E-state index in [1.165, 1.54) is 7.11 Å². The van der Waals surface area contributed by atoms with Crippen LogP contribution in [0, 0.1) is 0 Å². The molecule has 0 radical (unpaired) electrons. The maximum atomic E-state index is 11.7. The first-order valence-electron chi connectivity index (χ1n) is 5.33. The summed E-state index contributed by atoms with van der Waals surface area (Å²) in [5, 5.41) is 1.40. The third-order valence-corrected chi connectivity index (χ3v) is 2.84. The minimum Gasteiger partial charge on any atom is -0.465 e. The molecule has 3 rings (SSSR count). The van der Waals surface area contributed by atoms with Gasteiger partial charge in [0.1, 0.15) is 5.58 Å². The molecule has 1 N–H and O–H groups in total. The predicted molar refractivity (Wildman–Crippen MR) is 65.7 cm³/mol. The van der Waals surface area contributed by atoms with E-state index in [2.05, 4.69) is 4.98 Å². The summed E-state index contributed by atoms with van der Waals surface area (Å²) < 4.78 is 9.79. The van der Waals surface area contributed by atoms with E-state index in [4.69, 9.17) is 9.15 Å². The maximum Gasteiger partial charge on any atom is 0.338 e. The number of nitrogens with one attached hydrogen (secondary N) is 1. The van der Waals surface area contributed by atoms with Crippen LogP contribution in [0.2, 0.25) is 0 Å². The molecule has 0 unspecified atom stereocenters. The molecule has 5 nitrogen and oxygen atoms in total. The number of aromatic nitrogens is 1. The van der Waals surface area contributed by atoms with E-state index in [1.807, 2.05) is 6.07 Å². The van der Waals surface area contributed by atoms with E-state index in [0.717, 1.165) is 17.0 Å². The Labute approximate surface area is 101 Å². The monoisotopic (exact) mass is 243 g/mol. The van der Waals surface area contributed by atoms with Gasteiger partial charge in [-0.05, 0) is 18.2 Å². The Morgan fingerprint density at radius 2 is 2.17 bits per heavy atom. The van der Waals surface area contributed by atoms with Gasteiger partial charge < -0.3 is 14.1 Å². The van der Waals surface area contributed by atoms with Gasteiger partial charge in [-0.3, -0.25) is 0 Å². The lowest BCUT2D eigenvalue weighted by molar-refractivity contribution is 0.0602. The van der Waals surface area contributed by atoms with Gasteiger partial charge in [0.05, 0.1) is 12.7 Å². The zero-order valence-electron chi connectivity index (χ0n) is 9.52. The number of H-pyrrole nitrogens is 1. The molecule has 0 aliphatic heterocycles. The van der Waals surface area contributed by atoms with Gasteiger partial charge in [-0.2, -0.15) is 0 Å². The molecular formula is C13H9NO4. The van der Waals surface area contributed by atoms with Crippen LogP contribution < -0.4 is 5.63 Å². The average molecular weight is 243 g/mol. The highest BCUT2D eigenvalue weighted by atomic mass is 16.5. The van der Waals surface area contributed by atoms with Crippen molar-refractivity contribution in [3.63, 3.8) is 0 Å². The summed E-state index contributed by atoms with van der Waals surface area (Å²) in [4.78, 5) is 26.2. The van der Waals surface area contributed by atoms with Crippen LogP contribution in [0.25, 0.3) is 21.9 Å². The second-order valence-electron chi connectivity index (χ2n) is 3.85.